The highest BCUT2D eigenvalue weighted by Crippen LogP contribution is 2.47. The molecule has 5 rings (SSSR count). The van der Waals surface area contributed by atoms with E-state index < -0.39 is 35.5 Å². The SMILES string of the molecule is CC1(C)OC2C(COC(c3ccccc3)(c3ccccc3)c3ccccc3)OC(O)[C@]2(C)O1. The molecule has 5 heteroatoms. The third-order valence-electron chi connectivity index (χ3n) is 6.58. The summed E-state index contributed by atoms with van der Waals surface area (Å²) in [4.78, 5) is 0. The fraction of sp³-hybridized carbons (Fsp3) is 0.357. The molecule has 2 saturated heterocycles. The molecule has 172 valence electrons. The second-order valence-corrected chi connectivity index (χ2v) is 9.34. The minimum atomic E-state index is -1.10. The first kappa shape index (κ1) is 22.3. The fourth-order valence-electron chi connectivity index (χ4n) is 5.14. The van der Waals surface area contributed by atoms with Gasteiger partial charge >= 0.3 is 0 Å². The number of hydrogen-bond donors (Lipinski definition) is 1. The van der Waals surface area contributed by atoms with Crippen molar-refractivity contribution >= 4 is 0 Å². The highest BCUT2D eigenvalue weighted by molar-refractivity contribution is 5.47. The van der Waals surface area contributed by atoms with Crippen molar-refractivity contribution < 1.29 is 24.1 Å². The molecule has 0 amide bonds. The van der Waals surface area contributed by atoms with Crippen LogP contribution in [0.1, 0.15) is 37.5 Å². The van der Waals surface area contributed by atoms with Crippen molar-refractivity contribution in [2.75, 3.05) is 6.61 Å². The van der Waals surface area contributed by atoms with Crippen LogP contribution >= 0.6 is 0 Å². The maximum Gasteiger partial charge on any atom is 0.187 e. The van der Waals surface area contributed by atoms with E-state index in [1.807, 2.05) is 75.4 Å². The second kappa shape index (κ2) is 8.35. The summed E-state index contributed by atoms with van der Waals surface area (Å²) in [5, 5.41) is 10.7. The van der Waals surface area contributed by atoms with Crippen LogP contribution in [0.15, 0.2) is 91.0 Å². The Hall–Kier alpha value is -2.54. The third kappa shape index (κ3) is 3.80. The maximum atomic E-state index is 10.7. The Labute approximate surface area is 194 Å². The van der Waals surface area contributed by atoms with Gasteiger partial charge in [0.15, 0.2) is 12.1 Å². The zero-order chi connectivity index (χ0) is 23.1. The molecule has 0 aliphatic carbocycles. The first-order valence-electron chi connectivity index (χ1n) is 11.4. The van der Waals surface area contributed by atoms with Crippen molar-refractivity contribution in [2.45, 2.75) is 56.3 Å². The Bertz CT molecular complexity index is 973. The second-order valence-electron chi connectivity index (χ2n) is 9.34. The molecule has 0 aromatic heterocycles. The summed E-state index contributed by atoms with van der Waals surface area (Å²) in [6, 6.07) is 30.5. The van der Waals surface area contributed by atoms with E-state index in [4.69, 9.17) is 18.9 Å². The van der Waals surface area contributed by atoms with Crippen LogP contribution in [-0.4, -0.2) is 41.6 Å². The van der Waals surface area contributed by atoms with Crippen LogP contribution in [0, 0.1) is 0 Å². The van der Waals surface area contributed by atoms with Crippen LogP contribution in [0.25, 0.3) is 0 Å². The number of benzene rings is 3. The van der Waals surface area contributed by atoms with Crippen molar-refractivity contribution in [1.29, 1.82) is 0 Å². The summed E-state index contributed by atoms with van der Waals surface area (Å²) in [5.41, 5.74) is 1.20. The van der Waals surface area contributed by atoms with Crippen molar-refractivity contribution in [3.63, 3.8) is 0 Å². The predicted octanol–water partition coefficient (Wildman–Crippen LogP) is 4.62. The van der Waals surface area contributed by atoms with E-state index in [9.17, 15) is 5.11 Å². The van der Waals surface area contributed by atoms with Gasteiger partial charge in [-0.15, -0.1) is 0 Å². The quantitative estimate of drug-likeness (QED) is 0.560. The number of rotatable bonds is 6. The summed E-state index contributed by atoms with van der Waals surface area (Å²) in [5.74, 6) is -0.808. The first-order chi connectivity index (χ1) is 15.9. The van der Waals surface area contributed by atoms with E-state index in [2.05, 4.69) is 36.4 Å². The standard InChI is InChI=1S/C28H30O5/c1-26(2)32-24-23(31-25(29)27(24,3)33-26)19-30-28(20-13-7-4-8-14-20,21-15-9-5-10-16-21)22-17-11-6-12-18-22/h4-18,23-25,29H,19H2,1-3H3/t23?,24?,25?,27-/m1/s1. The van der Waals surface area contributed by atoms with Gasteiger partial charge in [0.05, 0.1) is 6.61 Å². The Morgan fingerprint density at radius 1 is 0.788 bits per heavy atom. The molecule has 33 heavy (non-hydrogen) atoms. The minimum absolute atomic E-state index is 0.204. The van der Waals surface area contributed by atoms with Gasteiger partial charge < -0.3 is 24.1 Å². The zero-order valence-electron chi connectivity index (χ0n) is 19.2. The lowest BCUT2D eigenvalue weighted by Crippen LogP contribution is -2.44. The summed E-state index contributed by atoms with van der Waals surface area (Å²) in [7, 11) is 0. The molecule has 3 aromatic carbocycles. The molecule has 4 atom stereocenters. The van der Waals surface area contributed by atoms with Crippen LogP contribution in [0.4, 0.5) is 0 Å². The molecule has 2 heterocycles. The van der Waals surface area contributed by atoms with E-state index in [0.29, 0.717) is 0 Å². The van der Waals surface area contributed by atoms with Gasteiger partial charge in [-0.3, -0.25) is 0 Å². The molecular weight excluding hydrogens is 416 g/mol. The molecule has 5 nitrogen and oxygen atoms in total. The van der Waals surface area contributed by atoms with E-state index in [-0.39, 0.29) is 6.61 Å². The largest absolute Gasteiger partial charge is 0.366 e. The number of hydrogen-bond acceptors (Lipinski definition) is 5. The molecule has 2 aliphatic rings. The molecule has 0 saturated carbocycles. The molecule has 3 unspecified atom stereocenters. The van der Waals surface area contributed by atoms with Gasteiger partial charge in [-0.05, 0) is 37.5 Å². The van der Waals surface area contributed by atoms with Gasteiger partial charge in [0.1, 0.15) is 23.4 Å². The maximum absolute atomic E-state index is 10.7. The van der Waals surface area contributed by atoms with Gasteiger partial charge in [-0.2, -0.15) is 0 Å². The summed E-state index contributed by atoms with van der Waals surface area (Å²) in [6.45, 7) is 5.73. The van der Waals surface area contributed by atoms with Crippen LogP contribution in [-0.2, 0) is 24.5 Å². The van der Waals surface area contributed by atoms with Gasteiger partial charge in [0, 0.05) is 0 Å². The monoisotopic (exact) mass is 446 g/mol. The topological polar surface area (TPSA) is 57.2 Å². The summed E-state index contributed by atoms with van der Waals surface area (Å²) >= 11 is 0. The Morgan fingerprint density at radius 2 is 1.24 bits per heavy atom. The zero-order valence-corrected chi connectivity index (χ0v) is 19.2. The highest BCUT2D eigenvalue weighted by Gasteiger charge is 2.63. The Morgan fingerprint density at radius 3 is 1.70 bits per heavy atom. The minimum Gasteiger partial charge on any atom is -0.366 e. The number of ether oxygens (including phenoxy) is 4. The predicted molar refractivity (Wildman–Crippen MR) is 124 cm³/mol. The molecule has 2 aliphatic heterocycles. The van der Waals surface area contributed by atoms with E-state index in [1.165, 1.54) is 0 Å². The van der Waals surface area contributed by atoms with Crippen LogP contribution in [0.2, 0.25) is 0 Å². The highest BCUT2D eigenvalue weighted by atomic mass is 16.8. The van der Waals surface area contributed by atoms with E-state index in [1.54, 1.807) is 0 Å². The van der Waals surface area contributed by atoms with Crippen molar-refractivity contribution in [3.8, 4) is 0 Å². The smallest absolute Gasteiger partial charge is 0.187 e. The molecule has 3 aromatic rings. The number of fused-ring (bicyclic) bond motifs is 1. The number of aliphatic hydroxyl groups is 1. The van der Waals surface area contributed by atoms with Crippen molar-refractivity contribution in [1.82, 2.24) is 0 Å². The van der Waals surface area contributed by atoms with E-state index in [0.717, 1.165) is 16.7 Å². The Balaban J connectivity index is 1.56. The third-order valence-corrected chi connectivity index (χ3v) is 6.58. The number of aliphatic hydroxyl groups excluding tert-OH is 1. The van der Waals surface area contributed by atoms with Gasteiger partial charge in [0.2, 0.25) is 0 Å². The van der Waals surface area contributed by atoms with Gasteiger partial charge in [0.25, 0.3) is 0 Å². The Kier molecular flexibility index (Phi) is 5.63. The molecule has 0 radical (unpaired) electrons. The lowest BCUT2D eigenvalue weighted by molar-refractivity contribution is -0.247. The molecule has 0 spiro atoms. The van der Waals surface area contributed by atoms with Crippen molar-refractivity contribution in [3.05, 3.63) is 108 Å². The summed E-state index contributed by atoms with van der Waals surface area (Å²) < 4.78 is 25.0. The first-order valence-corrected chi connectivity index (χ1v) is 11.4. The lowest BCUT2D eigenvalue weighted by atomic mass is 9.80. The lowest BCUT2D eigenvalue weighted by Gasteiger charge is -2.37. The average Bonchev–Trinajstić information content (AvgIpc) is 3.22. The van der Waals surface area contributed by atoms with Gasteiger partial charge in [-0.1, -0.05) is 91.0 Å². The molecule has 0 bridgehead atoms. The van der Waals surface area contributed by atoms with Crippen LogP contribution in [0.3, 0.4) is 0 Å². The normalized spacial score (nSPS) is 28.5. The van der Waals surface area contributed by atoms with Gasteiger partial charge in [-0.25, -0.2) is 0 Å². The molecule has 2 fully saturated rings. The van der Waals surface area contributed by atoms with Crippen molar-refractivity contribution in [2.24, 2.45) is 0 Å². The fourth-order valence-corrected chi connectivity index (χ4v) is 5.14. The molecule has 1 N–H and O–H groups in total. The van der Waals surface area contributed by atoms with E-state index >= 15 is 0 Å². The summed E-state index contributed by atoms with van der Waals surface area (Å²) in [6.07, 6.45) is -2.05. The average molecular weight is 447 g/mol. The van der Waals surface area contributed by atoms with Crippen LogP contribution < -0.4 is 0 Å². The van der Waals surface area contributed by atoms with Crippen LogP contribution in [0.5, 0.6) is 0 Å². The molecular formula is C28H30O5.